The maximum Gasteiger partial charge on any atom is 0.0787 e. The molecule has 0 aliphatic carbocycles. The zero-order valence-electron chi connectivity index (χ0n) is 9.25. The first-order chi connectivity index (χ1) is 6.11. The van der Waals surface area contributed by atoms with Crippen molar-refractivity contribution in [3.63, 3.8) is 0 Å². The molecule has 2 atom stereocenters. The molecule has 0 spiro atoms. The van der Waals surface area contributed by atoms with E-state index in [1.165, 1.54) is 0 Å². The molecule has 0 amide bonds. The third-order valence-corrected chi connectivity index (χ3v) is 3.78. The van der Waals surface area contributed by atoms with Crippen LogP contribution in [0.4, 0.5) is 0 Å². The summed E-state index contributed by atoms with van der Waals surface area (Å²) < 4.78 is 5.48. The van der Waals surface area contributed by atoms with Crippen LogP contribution in [0, 0.1) is 5.92 Å². The zero-order valence-corrected chi connectivity index (χ0v) is 10.1. The van der Waals surface area contributed by atoms with Crippen LogP contribution in [0.3, 0.4) is 0 Å². The van der Waals surface area contributed by atoms with E-state index >= 15 is 0 Å². The van der Waals surface area contributed by atoms with Crippen LogP contribution in [0.25, 0.3) is 0 Å². The lowest BCUT2D eigenvalue weighted by Crippen LogP contribution is -2.27. The van der Waals surface area contributed by atoms with Crippen LogP contribution in [0.2, 0.25) is 0 Å². The van der Waals surface area contributed by atoms with Gasteiger partial charge in [0.25, 0.3) is 0 Å². The average Bonchev–Trinajstić information content (AvgIpc) is 2.11. The van der Waals surface area contributed by atoms with E-state index in [4.69, 9.17) is 10.5 Å². The van der Waals surface area contributed by atoms with Gasteiger partial charge in [-0.15, -0.1) is 0 Å². The van der Waals surface area contributed by atoms with Crippen LogP contribution >= 0.6 is 11.8 Å². The molecule has 0 aromatic rings. The maximum absolute atomic E-state index is 5.58. The average molecular weight is 205 g/mol. The lowest BCUT2D eigenvalue weighted by molar-refractivity contribution is 0.0857. The van der Waals surface area contributed by atoms with Crippen molar-refractivity contribution in [1.29, 1.82) is 0 Å². The molecule has 0 radical (unpaired) electrons. The summed E-state index contributed by atoms with van der Waals surface area (Å²) in [5, 5.41) is 0.689. The quantitative estimate of drug-likeness (QED) is 0.691. The van der Waals surface area contributed by atoms with Crippen molar-refractivity contribution in [1.82, 2.24) is 0 Å². The minimum Gasteiger partial charge on any atom is -0.376 e. The van der Waals surface area contributed by atoms with E-state index in [2.05, 4.69) is 20.8 Å². The van der Waals surface area contributed by atoms with Crippen LogP contribution < -0.4 is 5.73 Å². The zero-order chi connectivity index (χ0) is 10.3. The SMILES string of the molecule is CCOC(CN)CSC(C)C(C)C. The molecule has 0 aliphatic rings. The number of hydrogen-bond donors (Lipinski definition) is 1. The Labute approximate surface area is 86.6 Å². The minimum absolute atomic E-state index is 0.233. The lowest BCUT2D eigenvalue weighted by atomic mass is 10.2. The van der Waals surface area contributed by atoms with Crippen LogP contribution in [0.15, 0.2) is 0 Å². The van der Waals surface area contributed by atoms with Crippen LogP contribution in [-0.4, -0.2) is 30.3 Å². The van der Waals surface area contributed by atoms with Crippen molar-refractivity contribution in [2.24, 2.45) is 11.7 Å². The molecule has 2 unspecified atom stereocenters. The molecule has 0 rings (SSSR count). The van der Waals surface area contributed by atoms with Crippen molar-refractivity contribution in [2.45, 2.75) is 39.0 Å². The van der Waals surface area contributed by atoms with E-state index in [-0.39, 0.29) is 6.10 Å². The fraction of sp³-hybridized carbons (Fsp3) is 1.00. The molecule has 0 aromatic carbocycles. The Morgan fingerprint density at radius 3 is 2.31 bits per heavy atom. The van der Waals surface area contributed by atoms with E-state index in [1.54, 1.807) is 0 Å². The van der Waals surface area contributed by atoms with Gasteiger partial charge in [-0.2, -0.15) is 11.8 Å². The molecule has 0 aliphatic heterocycles. The van der Waals surface area contributed by atoms with E-state index in [0.29, 0.717) is 11.8 Å². The third-order valence-electron chi connectivity index (χ3n) is 2.15. The molecule has 0 saturated heterocycles. The summed E-state index contributed by atoms with van der Waals surface area (Å²) in [7, 11) is 0. The highest BCUT2D eigenvalue weighted by Gasteiger charge is 2.11. The predicted molar refractivity (Wildman–Crippen MR) is 61.2 cm³/mol. The van der Waals surface area contributed by atoms with Gasteiger partial charge in [0, 0.05) is 24.2 Å². The molecule has 0 fully saturated rings. The van der Waals surface area contributed by atoms with Crippen molar-refractivity contribution < 1.29 is 4.74 Å². The van der Waals surface area contributed by atoms with Gasteiger partial charge in [0.1, 0.15) is 0 Å². The Morgan fingerprint density at radius 2 is 1.92 bits per heavy atom. The van der Waals surface area contributed by atoms with Gasteiger partial charge in [-0.3, -0.25) is 0 Å². The molecule has 80 valence electrons. The number of hydrogen-bond acceptors (Lipinski definition) is 3. The Morgan fingerprint density at radius 1 is 1.31 bits per heavy atom. The fourth-order valence-electron chi connectivity index (χ4n) is 0.871. The van der Waals surface area contributed by atoms with Gasteiger partial charge >= 0.3 is 0 Å². The summed E-state index contributed by atoms with van der Waals surface area (Å²) in [4.78, 5) is 0. The van der Waals surface area contributed by atoms with Gasteiger partial charge < -0.3 is 10.5 Å². The second-order valence-corrected chi connectivity index (χ2v) is 5.01. The molecule has 0 saturated carbocycles. The molecule has 0 heterocycles. The van der Waals surface area contributed by atoms with E-state index < -0.39 is 0 Å². The molecule has 13 heavy (non-hydrogen) atoms. The fourth-order valence-corrected chi connectivity index (χ4v) is 2.01. The van der Waals surface area contributed by atoms with Gasteiger partial charge in [0.15, 0.2) is 0 Å². The number of nitrogens with two attached hydrogens (primary N) is 1. The van der Waals surface area contributed by atoms with E-state index in [1.807, 2.05) is 18.7 Å². The monoisotopic (exact) mass is 205 g/mol. The Hall–Kier alpha value is 0.270. The largest absolute Gasteiger partial charge is 0.376 e. The second kappa shape index (κ2) is 7.65. The van der Waals surface area contributed by atoms with Crippen LogP contribution in [0.5, 0.6) is 0 Å². The normalized spacial score (nSPS) is 16.2. The van der Waals surface area contributed by atoms with Crippen LogP contribution in [0.1, 0.15) is 27.7 Å². The number of ether oxygens (including phenoxy) is 1. The highest BCUT2D eigenvalue weighted by atomic mass is 32.2. The summed E-state index contributed by atoms with van der Waals surface area (Å²) in [5.74, 6) is 1.74. The van der Waals surface area contributed by atoms with Gasteiger partial charge in [-0.1, -0.05) is 20.8 Å². The van der Waals surface area contributed by atoms with Crippen molar-refractivity contribution in [3.05, 3.63) is 0 Å². The first kappa shape index (κ1) is 13.3. The summed E-state index contributed by atoms with van der Waals surface area (Å²) in [6.07, 6.45) is 0.233. The Bertz CT molecular complexity index is 119. The third kappa shape index (κ3) is 6.36. The molecule has 0 bridgehead atoms. The van der Waals surface area contributed by atoms with E-state index in [9.17, 15) is 0 Å². The smallest absolute Gasteiger partial charge is 0.0787 e. The Kier molecular flexibility index (Phi) is 7.81. The summed E-state index contributed by atoms with van der Waals surface area (Å²) in [5.41, 5.74) is 5.58. The number of thioether (sulfide) groups is 1. The summed E-state index contributed by atoms with van der Waals surface area (Å²) in [6, 6.07) is 0. The molecule has 0 aromatic heterocycles. The topological polar surface area (TPSA) is 35.2 Å². The molecule has 3 heteroatoms. The predicted octanol–water partition coefficient (Wildman–Crippen LogP) is 2.13. The molecular weight excluding hydrogens is 182 g/mol. The Balaban J connectivity index is 3.58. The molecular formula is C10H23NOS. The lowest BCUT2D eigenvalue weighted by Gasteiger charge is -2.19. The van der Waals surface area contributed by atoms with Crippen LogP contribution in [-0.2, 0) is 4.74 Å². The maximum atomic E-state index is 5.58. The van der Waals surface area contributed by atoms with Crippen molar-refractivity contribution in [2.75, 3.05) is 18.9 Å². The summed E-state index contributed by atoms with van der Waals surface area (Å²) >= 11 is 1.95. The molecule has 2 nitrogen and oxygen atoms in total. The van der Waals surface area contributed by atoms with Gasteiger partial charge in [-0.25, -0.2) is 0 Å². The second-order valence-electron chi connectivity index (χ2n) is 3.60. The van der Waals surface area contributed by atoms with Crippen molar-refractivity contribution in [3.8, 4) is 0 Å². The highest BCUT2D eigenvalue weighted by molar-refractivity contribution is 7.99. The van der Waals surface area contributed by atoms with E-state index in [0.717, 1.165) is 18.3 Å². The first-order valence-electron chi connectivity index (χ1n) is 5.05. The van der Waals surface area contributed by atoms with Gasteiger partial charge in [0.2, 0.25) is 0 Å². The number of rotatable bonds is 7. The highest BCUT2D eigenvalue weighted by Crippen LogP contribution is 2.19. The first-order valence-corrected chi connectivity index (χ1v) is 6.09. The standard InChI is InChI=1S/C10H23NOS/c1-5-12-10(6-11)7-13-9(4)8(2)3/h8-10H,5-7,11H2,1-4H3. The summed E-state index contributed by atoms with van der Waals surface area (Å²) in [6.45, 7) is 10.2. The van der Waals surface area contributed by atoms with Gasteiger partial charge in [0.05, 0.1) is 6.10 Å². The minimum atomic E-state index is 0.233. The molecule has 2 N–H and O–H groups in total. The van der Waals surface area contributed by atoms with Gasteiger partial charge in [-0.05, 0) is 12.8 Å². The van der Waals surface area contributed by atoms with Crippen molar-refractivity contribution >= 4 is 11.8 Å².